The number of hydrogen-bond donors (Lipinski definition) is 3. The Bertz CT molecular complexity index is 607. The molecule has 4 N–H and O–H groups in total. The standard InChI is InChI=1S/C11H9F3N4O2/c12-11(13,14)20-7-3-1-6(2-4-7)17-10-8(9(15)19)5-16-18-10/h1-5H,(H2,15,19)(H2,16,17,18). The van der Waals surface area contributed by atoms with Gasteiger partial charge in [0.25, 0.3) is 5.91 Å². The number of anilines is 2. The van der Waals surface area contributed by atoms with Gasteiger partial charge in [-0.15, -0.1) is 13.2 Å². The summed E-state index contributed by atoms with van der Waals surface area (Å²) in [5, 5.41) is 8.93. The Morgan fingerprint density at radius 3 is 2.50 bits per heavy atom. The molecule has 0 aliphatic rings. The molecule has 6 nitrogen and oxygen atoms in total. The lowest BCUT2D eigenvalue weighted by Gasteiger charge is -2.10. The number of carbonyl (C=O) groups is 1. The Kier molecular flexibility index (Phi) is 3.51. The molecule has 0 unspecified atom stereocenters. The van der Waals surface area contributed by atoms with Gasteiger partial charge in [-0.3, -0.25) is 9.89 Å². The normalized spacial score (nSPS) is 11.2. The highest BCUT2D eigenvalue weighted by Gasteiger charge is 2.30. The van der Waals surface area contributed by atoms with Crippen molar-refractivity contribution in [2.75, 3.05) is 5.32 Å². The van der Waals surface area contributed by atoms with Gasteiger partial charge in [-0.2, -0.15) is 5.10 Å². The number of nitrogens with one attached hydrogen (secondary N) is 2. The maximum absolute atomic E-state index is 12.0. The molecule has 1 heterocycles. The SMILES string of the molecule is NC(=O)c1cn[nH]c1Nc1ccc(OC(F)(F)F)cc1. The molecular formula is C11H9F3N4O2. The first kappa shape index (κ1) is 13.7. The number of ether oxygens (including phenoxy) is 1. The van der Waals surface area contributed by atoms with Crippen LogP contribution in [0.5, 0.6) is 5.75 Å². The number of H-pyrrole nitrogens is 1. The molecule has 0 aliphatic carbocycles. The lowest BCUT2D eigenvalue weighted by Crippen LogP contribution is -2.17. The van der Waals surface area contributed by atoms with Gasteiger partial charge in [0.2, 0.25) is 0 Å². The molecule has 0 saturated heterocycles. The number of nitrogens with zero attached hydrogens (tertiary/aromatic N) is 1. The van der Waals surface area contributed by atoms with E-state index in [1.807, 2.05) is 0 Å². The average Bonchev–Trinajstić information content (AvgIpc) is 2.78. The van der Waals surface area contributed by atoms with Gasteiger partial charge in [0.15, 0.2) is 0 Å². The van der Waals surface area contributed by atoms with E-state index in [1.165, 1.54) is 18.3 Å². The molecule has 1 aromatic heterocycles. The highest BCUT2D eigenvalue weighted by molar-refractivity contribution is 5.97. The van der Waals surface area contributed by atoms with Crippen LogP contribution in [0.15, 0.2) is 30.5 Å². The van der Waals surface area contributed by atoms with E-state index in [0.717, 1.165) is 12.1 Å². The number of primary amides is 1. The molecule has 0 radical (unpaired) electrons. The van der Waals surface area contributed by atoms with Gasteiger partial charge in [0, 0.05) is 5.69 Å². The van der Waals surface area contributed by atoms with Gasteiger partial charge in [0.05, 0.1) is 6.20 Å². The predicted molar refractivity (Wildman–Crippen MR) is 63.5 cm³/mol. The van der Waals surface area contributed by atoms with E-state index in [1.54, 1.807) is 0 Å². The number of benzene rings is 1. The van der Waals surface area contributed by atoms with Crippen molar-refractivity contribution in [1.29, 1.82) is 0 Å². The molecule has 106 valence electrons. The van der Waals surface area contributed by atoms with Crippen molar-refractivity contribution in [1.82, 2.24) is 10.2 Å². The summed E-state index contributed by atoms with van der Waals surface area (Å²) in [5.74, 6) is -0.775. The van der Waals surface area contributed by atoms with E-state index in [4.69, 9.17) is 5.73 Å². The molecule has 0 aliphatic heterocycles. The first-order valence-electron chi connectivity index (χ1n) is 5.31. The maximum Gasteiger partial charge on any atom is 0.573 e. The number of aromatic amines is 1. The van der Waals surface area contributed by atoms with Crippen molar-refractivity contribution < 1.29 is 22.7 Å². The smallest absolute Gasteiger partial charge is 0.406 e. The molecule has 0 fully saturated rings. The van der Waals surface area contributed by atoms with Gasteiger partial charge < -0.3 is 15.8 Å². The van der Waals surface area contributed by atoms with Crippen LogP contribution in [0.4, 0.5) is 24.7 Å². The van der Waals surface area contributed by atoms with Crippen LogP contribution in [0, 0.1) is 0 Å². The molecule has 2 aromatic rings. The summed E-state index contributed by atoms with van der Waals surface area (Å²) in [6.45, 7) is 0. The third kappa shape index (κ3) is 3.40. The minimum Gasteiger partial charge on any atom is -0.406 e. The predicted octanol–water partition coefficient (Wildman–Crippen LogP) is 2.15. The van der Waals surface area contributed by atoms with E-state index in [9.17, 15) is 18.0 Å². The molecule has 2 rings (SSSR count). The van der Waals surface area contributed by atoms with E-state index in [-0.39, 0.29) is 17.1 Å². The molecule has 20 heavy (non-hydrogen) atoms. The summed E-state index contributed by atoms with van der Waals surface area (Å²) < 4.78 is 39.7. The van der Waals surface area contributed by atoms with E-state index >= 15 is 0 Å². The second kappa shape index (κ2) is 5.11. The lowest BCUT2D eigenvalue weighted by molar-refractivity contribution is -0.274. The fourth-order valence-corrected chi connectivity index (χ4v) is 1.45. The summed E-state index contributed by atoms with van der Waals surface area (Å²) in [5.41, 5.74) is 5.70. The Labute approximate surface area is 110 Å². The van der Waals surface area contributed by atoms with Crippen molar-refractivity contribution in [3.8, 4) is 5.75 Å². The van der Waals surface area contributed by atoms with E-state index in [0.29, 0.717) is 5.69 Å². The fourth-order valence-electron chi connectivity index (χ4n) is 1.45. The summed E-state index contributed by atoms with van der Waals surface area (Å²) in [4.78, 5) is 11.1. The summed E-state index contributed by atoms with van der Waals surface area (Å²) in [6.07, 6.45) is -3.50. The minimum atomic E-state index is -4.74. The van der Waals surface area contributed by atoms with Crippen molar-refractivity contribution in [3.63, 3.8) is 0 Å². The third-order valence-corrected chi connectivity index (χ3v) is 2.26. The first-order chi connectivity index (χ1) is 9.35. The highest BCUT2D eigenvalue weighted by Crippen LogP contribution is 2.25. The van der Waals surface area contributed by atoms with Crippen molar-refractivity contribution >= 4 is 17.4 Å². The number of aromatic nitrogens is 2. The van der Waals surface area contributed by atoms with Crippen LogP contribution in [0.3, 0.4) is 0 Å². The van der Waals surface area contributed by atoms with Gasteiger partial charge in [-0.25, -0.2) is 0 Å². The molecule has 0 bridgehead atoms. The molecule has 1 aromatic carbocycles. The van der Waals surface area contributed by atoms with Crippen LogP contribution >= 0.6 is 0 Å². The summed E-state index contributed by atoms with van der Waals surface area (Å²) in [7, 11) is 0. The van der Waals surface area contributed by atoms with E-state index < -0.39 is 12.3 Å². The highest BCUT2D eigenvalue weighted by atomic mass is 19.4. The monoisotopic (exact) mass is 286 g/mol. The molecule has 0 spiro atoms. The zero-order valence-corrected chi connectivity index (χ0v) is 9.86. The number of hydrogen-bond acceptors (Lipinski definition) is 4. The quantitative estimate of drug-likeness (QED) is 0.802. The third-order valence-electron chi connectivity index (χ3n) is 2.26. The van der Waals surface area contributed by atoms with Gasteiger partial charge in [0.1, 0.15) is 17.1 Å². The maximum atomic E-state index is 12.0. The van der Waals surface area contributed by atoms with Crippen molar-refractivity contribution in [3.05, 3.63) is 36.0 Å². The Hall–Kier alpha value is -2.71. The van der Waals surface area contributed by atoms with E-state index in [2.05, 4.69) is 20.3 Å². The first-order valence-corrected chi connectivity index (χ1v) is 5.31. The van der Waals surface area contributed by atoms with Crippen LogP contribution in [0.1, 0.15) is 10.4 Å². The molecule has 0 saturated carbocycles. The second-order valence-electron chi connectivity index (χ2n) is 3.72. The molecule has 1 amide bonds. The Balaban J connectivity index is 2.11. The molecule has 9 heteroatoms. The number of amides is 1. The minimum absolute atomic E-state index is 0.139. The lowest BCUT2D eigenvalue weighted by atomic mass is 10.2. The van der Waals surface area contributed by atoms with Crippen molar-refractivity contribution in [2.45, 2.75) is 6.36 Å². The number of nitrogens with two attached hydrogens (primary N) is 1. The van der Waals surface area contributed by atoms with Crippen LogP contribution in [-0.4, -0.2) is 22.5 Å². The average molecular weight is 286 g/mol. The largest absolute Gasteiger partial charge is 0.573 e. The number of halogens is 3. The summed E-state index contributed by atoms with van der Waals surface area (Å²) >= 11 is 0. The fraction of sp³-hybridized carbons (Fsp3) is 0.0909. The van der Waals surface area contributed by atoms with Gasteiger partial charge in [-0.05, 0) is 24.3 Å². The van der Waals surface area contributed by atoms with Crippen LogP contribution < -0.4 is 15.8 Å². The van der Waals surface area contributed by atoms with Gasteiger partial charge in [-0.1, -0.05) is 0 Å². The van der Waals surface area contributed by atoms with Gasteiger partial charge >= 0.3 is 6.36 Å². The zero-order chi connectivity index (χ0) is 14.8. The summed E-state index contributed by atoms with van der Waals surface area (Å²) in [6, 6.07) is 4.98. The van der Waals surface area contributed by atoms with Crippen LogP contribution in [-0.2, 0) is 0 Å². The topological polar surface area (TPSA) is 93.0 Å². The number of rotatable bonds is 4. The van der Waals surface area contributed by atoms with Crippen molar-refractivity contribution in [2.24, 2.45) is 5.73 Å². The molecular weight excluding hydrogens is 277 g/mol. The molecule has 0 atom stereocenters. The number of alkyl halides is 3. The van der Waals surface area contributed by atoms with Crippen LogP contribution in [0.25, 0.3) is 0 Å². The van der Waals surface area contributed by atoms with Crippen LogP contribution in [0.2, 0.25) is 0 Å². The Morgan fingerprint density at radius 1 is 1.30 bits per heavy atom. The number of carbonyl (C=O) groups excluding carboxylic acids is 1. The zero-order valence-electron chi connectivity index (χ0n) is 9.86. The Morgan fingerprint density at radius 2 is 1.95 bits per heavy atom. The second-order valence-corrected chi connectivity index (χ2v) is 3.72.